The first-order valence-corrected chi connectivity index (χ1v) is 17.1. The third-order valence-electron chi connectivity index (χ3n) is 13.3. The summed E-state index contributed by atoms with van der Waals surface area (Å²) < 4.78 is 11.2. The number of terminal acetylenes is 1. The molecule has 3 fully saturated rings. The number of ketones is 1. The molecule has 0 amide bonds. The Morgan fingerprint density at radius 1 is 1.00 bits per heavy atom. The third kappa shape index (κ3) is 5.11. The molecule has 3 saturated carbocycles. The van der Waals surface area contributed by atoms with E-state index in [1.807, 2.05) is 38.1 Å². The van der Waals surface area contributed by atoms with Crippen molar-refractivity contribution in [2.75, 3.05) is 6.61 Å². The summed E-state index contributed by atoms with van der Waals surface area (Å²) >= 11 is 0. The van der Waals surface area contributed by atoms with Gasteiger partial charge >= 0.3 is 11.9 Å². The Bertz CT molecular complexity index is 1760. The van der Waals surface area contributed by atoms with Crippen LogP contribution in [0.25, 0.3) is 6.08 Å². The van der Waals surface area contributed by atoms with Crippen LogP contribution in [0, 0.1) is 52.3 Å². The van der Waals surface area contributed by atoms with Crippen LogP contribution in [0.4, 0.5) is 0 Å². The summed E-state index contributed by atoms with van der Waals surface area (Å²) in [6.45, 7) is 15.6. The Hall–Kier alpha value is -3.91. The van der Waals surface area contributed by atoms with Gasteiger partial charge in [0.2, 0.25) is 5.78 Å². The molecule has 1 aromatic carbocycles. The minimum atomic E-state index is -0.571. The van der Waals surface area contributed by atoms with Crippen molar-refractivity contribution in [3.8, 4) is 12.3 Å². The summed E-state index contributed by atoms with van der Waals surface area (Å²) in [5, 5.41) is 0. The molecule has 0 N–H and O–H groups in total. The fourth-order valence-corrected chi connectivity index (χ4v) is 10.1. The van der Waals surface area contributed by atoms with E-state index in [0.717, 1.165) is 67.2 Å². The van der Waals surface area contributed by atoms with E-state index in [1.54, 1.807) is 12.2 Å². The van der Waals surface area contributed by atoms with Gasteiger partial charge in [0.1, 0.15) is 0 Å². The normalized spacial score (nSPS) is 36.1. The van der Waals surface area contributed by atoms with Gasteiger partial charge in [0.05, 0.1) is 5.41 Å². The number of ether oxygens (including phenoxy) is 2. The van der Waals surface area contributed by atoms with Gasteiger partial charge in [-0.3, -0.25) is 9.59 Å². The molecule has 47 heavy (non-hydrogen) atoms. The predicted octanol–water partition coefficient (Wildman–Crippen LogP) is 8.80. The number of fused-ring (bicyclic) bond motifs is 7. The van der Waals surface area contributed by atoms with Gasteiger partial charge in [0.25, 0.3) is 0 Å². The number of benzene rings is 1. The Balaban J connectivity index is 1.32. The van der Waals surface area contributed by atoms with Crippen molar-refractivity contribution in [3.63, 3.8) is 0 Å². The summed E-state index contributed by atoms with van der Waals surface area (Å²) in [4.78, 5) is 39.8. The smallest absolute Gasteiger partial charge is 0.336 e. The number of hydrogen-bond acceptors (Lipinski definition) is 5. The van der Waals surface area contributed by atoms with E-state index < -0.39 is 11.4 Å². The molecule has 5 aliphatic rings. The molecule has 5 nitrogen and oxygen atoms in total. The Morgan fingerprint density at radius 3 is 2.47 bits per heavy atom. The van der Waals surface area contributed by atoms with E-state index in [-0.39, 0.29) is 45.8 Å². The standard InChI is InChI=1S/C42H48O5/c1-9-23-46-37(45)39(5)18-17-38(4)19-21-41(7)33-15-14-30-28(3)36(47-35(44)16-13-29-12-10-11-27(2)24-29)32(43)25-31(30)40(33,6)20-22-42(41,8)34(38)26-39/h1,10-16,24-25,34H,17-23,26H2,2-8H3/b16-13+/t34-,38-,39-,40+,41-,42+/m1/s1. The van der Waals surface area contributed by atoms with Crippen molar-refractivity contribution >= 4 is 23.8 Å². The molecule has 6 rings (SSSR count). The number of aryl methyl sites for hydroxylation is 1. The van der Waals surface area contributed by atoms with Gasteiger partial charge in [0, 0.05) is 17.1 Å². The maximum atomic E-state index is 13.7. The summed E-state index contributed by atoms with van der Waals surface area (Å²) in [7, 11) is 0. The number of allylic oxidation sites excluding steroid dienone is 7. The van der Waals surface area contributed by atoms with Gasteiger partial charge in [-0.1, -0.05) is 81.2 Å². The number of hydrogen-bond donors (Lipinski definition) is 0. The molecule has 1 aromatic rings. The highest BCUT2D eigenvalue weighted by molar-refractivity contribution is 6.08. The van der Waals surface area contributed by atoms with Crippen LogP contribution in [0.3, 0.4) is 0 Å². The van der Waals surface area contributed by atoms with Crippen molar-refractivity contribution in [3.05, 3.63) is 87.7 Å². The van der Waals surface area contributed by atoms with E-state index in [9.17, 15) is 14.4 Å². The molecule has 0 spiro atoms. The number of esters is 2. The molecule has 0 saturated heterocycles. The van der Waals surface area contributed by atoms with Gasteiger partial charge in [-0.05, 0) is 117 Å². The minimum absolute atomic E-state index is 0.0119. The molecular weight excluding hydrogens is 584 g/mol. The second-order valence-electron chi connectivity index (χ2n) is 16.0. The summed E-state index contributed by atoms with van der Waals surface area (Å²) in [5.41, 5.74) is 5.16. The Morgan fingerprint density at radius 2 is 1.74 bits per heavy atom. The fraction of sp³-hybridized carbons (Fsp3) is 0.500. The lowest BCUT2D eigenvalue weighted by Gasteiger charge is -2.70. The van der Waals surface area contributed by atoms with E-state index in [2.05, 4.69) is 52.7 Å². The third-order valence-corrected chi connectivity index (χ3v) is 13.3. The van der Waals surface area contributed by atoms with Crippen molar-refractivity contribution in [1.82, 2.24) is 0 Å². The van der Waals surface area contributed by atoms with Crippen molar-refractivity contribution in [1.29, 1.82) is 0 Å². The zero-order valence-corrected chi connectivity index (χ0v) is 29.0. The highest BCUT2D eigenvalue weighted by atomic mass is 16.5. The molecule has 0 radical (unpaired) electrons. The lowest BCUT2D eigenvalue weighted by molar-refractivity contribution is -0.181. The van der Waals surface area contributed by atoms with Crippen LogP contribution in [0.2, 0.25) is 0 Å². The Kier molecular flexibility index (Phi) is 7.98. The van der Waals surface area contributed by atoms with E-state index >= 15 is 0 Å². The molecule has 0 bridgehead atoms. The molecule has 0 unspecified atom stereocenters. The van der Waals surface area contributed by atoms with Gasteiger partial charge in [-0.25, -0.2) is 4.79 Å². The molecule has 6 atom stereocenters. The van der Waals surface area contributed by atoms with Crippen LogP contribution in [0.1, 0.15) is 97.6 Å². The summed E-state index contributed by atoms with van der Waals surface area (Å²) in [5.74, 6) is 1.87. The van der Waals surface area contributed by atoms with E-state index in [1.165, 1.54) is 11.6 Å². The average molecular weight is 633 g/mol. The van der Waals surface area contributed by atoms with Crippen LogP contribution >= 0.6 is 0 Å². The first-order valence-electron chi connectivity index (χ1n) is 17.1. The Labute approximate surface area is 280 Å². The molecule has 5 heteroatoms. The van der Waals surface area contributed by atoms with Gasteiger partial charge < -0.3 is 9.47 Å². The van der Waals surface area contributed by atoms with Crippen molar-refractivity contribution < 1.29 is 23.9 Å². The second-order valence-corrected chi connectivity index (χ2v) is 16.0. The van der Waals surface area contributed by atoms with Crippen LogP contribution in [-0.2, 0) is 23.9 Å². The van der Waals surface area contributed by atoms with Gasteiger partial charge in [-0.2, -0.15) is 0 Å². The molecule has 0 heterocycles. The molecule has 246 valence electrons. The maximum absolute atomic E-state index is 13.7. The summed E-state index contributed by atoms with van der Waals surface area (Å²) in [6, 6.07) is 7.84. The van der Waals surface area contributed by atoms with Crippen LogP contribution in [-0.4, -0.2) is 24.3 Å². The topological polar surface area (TPSA) is 69.7 Å². The van der Waals surface area contributed by atoms with Crippen LogP contribution < -0.4 is 0 Å². The van der Waals surface area contributed by atoms with Crippen molar-refractivity contribution in [2.45, 2.75) is 93.4 Å². The quantitative estimate of drug-likeness (QED) is 0.184. The number of carbonyl (C=O) groups is 3. The molecule has 0 aliphatic heterocycles. The molecular formula is C42H48O5. The maximum Gasteiger partial charge on any atom is 0.336 e. The minimum Gasteiger partial charge on any atom is -0.452 e. The molecule has 0 aromatic heterocycles. The number of rotatable bonds is 5. The average Bonchev–Trinajstić information content (AvgIpc) is 3.03. The highest BCUT2D eigenvalue weighted by Gasteiger charge is 2.67. The van der Waals surface area contributed by atoms with E-state index in [0.29, 0.717) is 11.5 Å². The zero-order valence-electron chi connectivity index (χ0n) is 29.0. The van der Waals surface area contributed by atoms with Crippen LogP contribution in [0.5, 0.6) is 0 Å². The highest BCUT2D eigenvalue weighted by Crippen LogP contribution is 2.75. The summed E-state index contributed by atoms with van der Waals surface area (Å²) in [6.07, 6.45) is 21.3. The lowest BCUT2D eigenvalue weighted by Crippen LogP contribution is -2.62. The van der Waals surface area contributed by atoms with Crippen LogP contribution in [0.15, 0.2) is 76.6 Å². The SMILES string of the molecule is C#CCOC(=O)[C@]1(C)CC[C@]2(C)CC[C@]3(C)C4=CC=C5C(=CC(=O)C(OC(=O)/C=C/c6cccc(C)c6)=C5C)[C@]4(C)CC[C@@]3(C)[C@@H]2C1. The monoisotopic (exact) mass is 632 g/mol. The largest absolute Gasteiger partial charge is 0.452 e. The van der Waals surface area contributed by atoms with E-state index in [4.69, 9.17) is 15.9 Å². The first kappa shape index (κ1) is 33.0. The predicted molar refractivity (Wildman–Crippen MR) is 184 cm³/mol. The van der Waals surface area contributed by atoms with Crippen molar-refractivity contribution in [2.24, 2.45) is 33.0 Å². The molecule has 5 aliphatic carbocycles. The fourth-order valence-electron chi connectivity index (χ4n) is 10.1. The second kappa shape index (κ2) is 11.4. The first-order chi connectivity index (χ1) is 22.1. The number of carbonyl (C=O) groups excluding carboxylic acids is 3. The lowest BCUT2D eigenvalue weighted by atomic mass is 9.34. The van der Waals surface area contributed by atoms with Gasteiger partial charge in [0.15, 0.2) is 12.4 Å². The zero-order chi connectivity index (χ0) is 34.0. The van der Waals surface area contributed by atoms with Gasteiger partial charge in [-0.15, -0.1) is 6.42 Å².